The van der Waals surface area contributed by atoms with Gasteiger partial charge in [-0.15, -0.1) is 11.3 Å². The number of halogens is 1. The molecule has 0 fully saturated rings. The first-order chi connectivity index (χ1) is 8.92. The summed E-state index contributed by atoms with van der Waals surface area (Å²) in [4.78, 5) is 4.85. The van der Waals surface area contributed by atoms with Crippen molar-refractivity contribution >= 4 is 43.1 Å². The molecule has 0 aromatic carbocycles. The molecule has 0 unspecified atom stereocenters. The van der Waals surface area contributed by atoms with Crippen LogP contribution in [0.3, 0.4) is 0 Å². The quantitative estimate of drug-likeness (QED) is 0.875. The molecule has 102 valence electrons. The minimum Gasteiger partial charge on any atom is -0.391 e. The molecule has 0 saturated carbocycles. The summed E-state index contributed by atoms with van der Waals surface area (Å²) in [7, 11) is -3.66. The lowest BCUT2D eigenvalue weighted by atomic mass is 10.4. The number of pyridine rings is 1. The smallest absolute Gasteiger partial charge is 0.263 e. The van der Waals surface area contributed by atoms with Gasteiger partial charge in [0.25, 0.3) is 10.0 Å². The molecule has 0 bridgehead atoms. The van der Waals surface area contributed by atoms with Crippen molar-refractivity contribution in [3.8, 4) is 0 Å². The van der Waals surface area contributed by atoms with Gasteiger partial charge in [0.15, 0.2) is 0 Å². The van der Waals surface area contributed by atoms with Gasteiger partial charge >= 0.3 is 0 Å². The standard InChI is InChI=1S/C11H11BrN2O3S2/c1-7-10(12)2-3-11(13-7)14-19(16,17)9-4-8(5-15)18-6-9/h2-4,6,15H,5H2,1H3,(H,13,14). The van der Waals surface area contributed by atoms with E-state index >= 15 is 0 Å². The van der Waals surface area contributed by atoms with Gasteiger partial charge in [-0.05, 0) is 41.1 Å². The second-order valence-corrected chi connectivity index (χ2v) is 7.31. The van der Waals surface area contributed by atoms with Crippen LogP contribution in [-0.4, -0.2) is 18.5 Å². The van der Waals surface area contributed by atoms with E-state index in [0.29, 0.717) is 10.6 Å². The molecule has 0 aliphatic heterocycles. The van der Waals surface area contributed by atoms with Gasteiger partial charge in [-0.3, -0.25) is 4.72 Å². The van der Waals surface area contributed by atoms with E-state index < -0.39 is 10.0 Å². The molecule has 0 amide bonds. The highest BCUT2D eigenvalue weighted by atomic mass is 79.9. The Morgan fingerprint density at radius 1 is 1.47 bits per heavy atom. The summed E-state index contributed by atoms with van der Waals surface area (Å²) in [5.41, 5.74) is 0.696. The number of aryl methyl sites for hydroxylation is 1. The maximum atomic E-state index is 12.1. The van der Waals surface area contributed by atoms with E-state index in [1.54, 1.807) is 19.1 Å². The molecule has 2 heterocycles. The molecule has 0 aliphatic carbocycles. The summed E-state index contributed by atoms with van der Waals surface area (Å²) in [6.45, 7) is 1.60. The minimum absolute atomic E-state index is 0.129. The van der Waals surface area contributed by atoms with Crippen LogP contribution in [0.5, 0.6) is 0 Å². The Bertz CT molecular complexity index is 698. The van der Waals surface area contributed by atoms with Crippen LogP contribution in [0.4, 0.5) is 5.82 Å². The summed E-state index contributed by atoms with van der Waals surface area (Å²) in [5.74, 6) is 0.262. The number of hydrogen-bond donors (Lipinski definition) is 2. The second-order valence-electron chi connectivity index (χ2n) is 3.78. The normalized spacial score (nSPS) is 11.5. The van der Waals surface area contributed by atoms with Crippen molar-refractivity contribution in [1.29, 1.82) is 0 Å². The third-order valence-electron chi connectivity index (χ3n) is 2.36. The maximum absolute atomic E-state index is 12.1. The summed E-state index contributed by atoms with van der Waals surface area (Å²) in [6, 6.07) is 4.75. The van der Waals surface area contributed by atoms with Gasteiger partial charge in [-0.1, -0.05) is 0 Å². The Balaban J connectivity index is 2.28. The molecule has 2 aromatic heterocycles. The van der Waals surface area contributed by atoms with Crippen molar-refractivity contribution in [2.24, 2.45) is 0 Å². The number of aromatic nitrogens is 1. The molecule has 5 nitrogen and oxygen atoms in total. The lowest BCUT2D eigenvalue weighted by Gasteiger charge is -2.07. The molecular weight excluding hydrogens is 352 g/mol. The van der Waals surface area contributed by atoms with Gasteiger partial charge in [-0.2, -0.15) is 0 Å². The number of anilines is 1. The Labute approximate surface area is 123 Å². The summed E-state index contributed by atoms with van der Waals surface area (Å²) in [5, 5.41) is 10.4. The molecular formula is C11H11BrN2O3S2. The Kier molecular flexibility index (Phi) is 4.24. The fourth-order valence-electron chi connectivity index (χ4n) is 1.38. The first-order valence-corrected chi connectivity index (χ1v) is 8.42. The first kappa shape index (κ1) is 14.4. The predicted octanol–water partition coefficient (Wildman–Crippen LogP) is 2.51. The van der Waals surface area contributed by atoms with E-state index in [0.717, 1.165) is 4.47 Å². The molecule has 0 saturated heterocycles. The van der Waals surface area contributed by atoms with Crippen LogP contribution in [-0.2, 0) is 16.6 Å². The Hall–Kier alpha value is -0.960. The van der Waals surface area contributed by atoms with Crippen LogP contribution in [0.15, 0.2) is 32.9 Å². The number of nitrogens with zero attached hydrogens (tertiary/aromatic N) is 1. The van der Waals surface area contributed by atoms with E-state index in [2.05, 4.69) is 25.6 Å². The molecule has 2 rings (SSSR count). The fraction of sp³-hybridized carbons (Fsp3) is 0.182. The number of rotatable bonds is 4. The van der Waals surface area contributed by atoms with Crippen molar-refractivity contribution in [3.63, 3.8) is 0 Å². The van der Waals surface area contributed by atoms with Crippen molar-refractivity contribution in [2.75, 3.05) is 4.72 Å². The van der Waals surface area contributed by atoms with Crippen LogP contribution in [0, 0.1) is 6.92 Å². The Morgan fingerprint density at radius 3 is 2.79 bits per heavy atom. The van der Waals surface area contributed by atoms with Crippen LogP contribution in [0.25, 0.3) is 0 Å². The topological polar surface area (TPSA) is 79.3 Å². The lowest BCUT2D eigenvalue weighted by Crippen LogP contribution is -2.13. The highest BCUT2D eigenvalue weighted by Crippen LogP contribution is 2.22. The fourth-order valence-corrected chi connectivity index (χ4v) is 3.74. The minimum atomic E-state index is -3.66. The molecule has 0 atom stereocenters. The van der Waals surface area contributed by atoms with Gasteiger partial charge in [0.1, 0.15) is 5.82 Å². The monoisotopic (exact) mass is 362 g/mol. The van der Waals surface area contributed by atoms with E-state index in [9.17, 15) is 8.42 Å². The number of thiophene rings is 1. The zero-order valence-electron chi connectivity index (χ0n) is 9.92. The van der Waals surface area contributed by atoms with Crippen LogP contribution in [0.1, 0.15) is 10.6 Å². The van der Waals surface area contributed by atoms with Crippen molar-refractivity contribution in [2.45, 2.75) is 18.4 Å². The number of sulfonamides is 1. The van der Waals surface area contributed by atoms with Crippen molar-refractivity contribution in [3.05, 3.63) is 38.6 Å². The third kappa shape index (κ3) is 3.33. The second kappa shape index (κ2) is 5.58. The third-order valence-corrected chi connectivity index (χ3v) is 5.60. The number of aliphatic hydroxyl groups excluding tert-OH is 1. The first-order valence-electron chi connectivity index (χ1n) is 5.26. The van der Waals surface area contributed by atoms with E-state index in [-0.39, 0.29) is 17.3 Å². The summed E-state index contributed by atoms with van der Waals surface area (Å²) >= 11 is 4.50. The van der Waals surface area contributed by atoms with Crippen LogP contribution < -0.4 is 4.72 Å². The molecule has 0 aliphatic rings. The molecule has 0 spiro atoms. The summed E-state index contributed by atoms with van der Waals surface area (Å²) in [6.07, 6.45) is 0. The number of aliphatic hydroxyl groups is 1. The van der Waals surface area contributed by atoms with Gasteiger partial charge in [0, 0.05) is 14.7 Å². The zero-order chi connectivity index (χ0) is 14.0. The number of nitrogens with one attached hydrogen (secondary N) is 1. The summed E-state index contributed by atoms with van der Waals surface area (Å²) < 4.78 is 27.4. The lowest BCUT2D eigenvalue weighted by molar-refractivity contribution is 0.285. The van der Waals surface area contributed by atoms with Gasteiger partial charge in [0.05, 0.1) is 17.2 Å². The SMILES string of the molecule is Cc1nc(NS(=O)(=O)c2csc(CO)c2)ccc1Br. The van der Waals surface area contributed by atoms with E-state index in [1.165, 1.54) is 22.8 Å². The van der Waals surface area contributed by atoms with Gasteiger partial charge < -0.3 is 5.11 Å². The van der Waals surface area contributed by atoms with E-state index in [1.807, 2.05) is 0 Å². The Morgan fingerprint density at radius 2 is 2.21 bits per heavy atom. The van der Waals surface area contributed by atoms with Crippen LogP contribution >= 0.6 is 27.3 Å². The molecule has 19 heavy (non-hydrogen) atoms. The van der Waals surface area contributed by atoms with Crippen LogP contribution in [0.2, 0.25) is 0 Å². The highest BCUT2D eigenvalue weighted by molar-refractivity contribution is 9.10. The van der Waals surface area contributed by atoms with Crippen molar-refractivity contribution < 1.29 is 13.5 Å². The maximum Gasteiger partial charge on any atom is 0.263 e. The van der Waals surface area contributed by atoms with Gasteiger partial charge in [-0.25, -0.2) is 13.4 Å². The van der Waals surface area contributed by atoms with E-state index in [4.69, 9.17) is 5.11 Å². The predicted molar refractivity (Wildman–Crippen MR) is 77.7 cm³/mol. The van der Waals surface area contributed by atoms with Gasteiger partial charge in [0.2, 0.25) is 0 Å². The molecule has 0 radical (unpaired) electrons. The zero-order valence-corrected chi connectivity index (χ0v) is 13.1. The molecule has 2 aromatic rings. The highest BCUT2D eigenvalue weighted by Gasteiger charge is 2.17. The molecule has 2 N–H and O–H groups in total. The average Bonchev–Trinajstić information content (AvgIpc) is 2.83. The number of hydrogen-bond acceptors (Lipinski definition) is 5. The molecule has 8 heteroatoms. The van der Waals surface area contributed by atoms with Crippen molar-refractivity contribution in [1.82, 2.24) is 4.98 Å². The largest absolute Gasteiger partial charge is 0.391 e. The average molecular weight is 363 g/mol.